The molecular weight excluding hydrogens is 289 g/mol. The maximum atomic E-state index is 12.8. The molecule has 6 heteroatoms. The van der Waals surface area contributed by atoms with E-state index in [4.69, 9.17) is 0 Å². The van der Waals surface area contributed by atoms with E-state index in [0.717, 1.165) is 23.4 Å². The summed E-state index contributed by atoms with van der Waals surface area (Å²) in [4.78, 5) is 12.0. The van der Waals surface area contributed by atoms with Crippen molar-refractivity contribution in [1.82, 2.24) is 10.2 Å². The van der Waals surface area contributed by atoms with Gasteiger partial charge in [0.1, 0.15) is 10.8 Å². The number of hydrogen-bond acceptors (Lipinski definition) is 4. The van der Waals surface area contributed by atoms with Crippen LogP contribution in [0.1, 0.15) is 37.3 Å². The first-order chi connectivity index (χ1) is 10.1. The maximum absolute atomic E-state index is 12.8. The number of halogens is 1. The van der Waals surface area contributed by atoms with Crippen LogP contribution in [0.5, 0.6) is 0 Å². The van der Waals surface area contributed by atoms with Crippen molar-refractivity contribution in [2.24, 2.45) is 5.92 Å². The van der Waals surface area contributed by atoms with Crippen LogP contribution in [0.15, 0.2) is 24.3 Å². The standard InChI is InChI=1S/C15H18FN3OS/c1-3-11(4-2)14(20)17-15-19-18-13(21-15)9-10-5-7-12(16)8-6-10/h5-8,11H,3-4,9H2,1-2H3,(H,17,19,20). The van der Waals surface area contributed by atoms with Gasteiger partial charge in [0, 0.05) is 12.3 Å². The van der Waals surface area contributed by atoms with Crippen LogP contribution in [0.3, 0.4) is 0 Å². The summed E-state index contributed by atoms with van der Waals surface area (Å²) in [6.07, 6.45) is 2.20. The van der Waals surface area contributed by atoms with E-state index in [1.54, 1.807) is 12.1 Å². The monoisotopic (exact) mass is 307 g/mol. The third-order valence-corrected chi connectivity index (χ3v) is 4.16. The summed E-state index contributed by atoms with van der Waals surface area (Å²) in [5.74, 6) is -0.256. The number of nitrogens with zero attached hydrogens (tertiary/aromatic N) is 2. The fourth-order valence-electron chi connectivity index (χ4n) is 2.02. The molecule has 0 aliphatic heterocycles. The topological polar surface area (TPSA) is 54.9 Å². The van der Waals surface area contributed by atoms with Crippen LogP contribution in [0.2, 0.25) is 0 Å². The molecule has 0 radical (unpaired) electrons. The third kappa shape index (κ3) is 4.32. The van der Waals surface area contributed by atoms with Crippen molar-refractivity contribution in [1.29, 1.82) is 0 Å². The quantitative estimate of drug-likeness (QED) is 0.886. The Morgan fingerprint density at radius 3 is 2.52 bits per heavy atom. The van der Waals surface area contributed by atoms with E-state index in [0.29, 0.717) is 11.6 Å². The second kappa shape index (κ2) is 7.26. The Kier molecular flexibility index (Phi) is 5.38. The number of hydrogen-bond donors (Lipinski definition) is 1. The van der Waals surface area contributed by atoms with Crippen LogP contribution in [0.25, 0.3) is 0 Å². The van der Waals surface area contributed by atoms with E-state index in [1.165, 1.54) is 23.5 Å². The van der Waals surface area contributed by atoms with E-state index in [1.807, 2.05) is 13.8 Å². The van der Waals surface area contributed by atoms with E-state index in [-0.39, 0.29) is 17.6 Å². The molecule has 1 N–H and O–H groups in total. The normalized spacial score (nSPS) is 10.9. The van der Waals surface area contributed by atoms with Crippen LogP contribution in [-0.4, -0.2) is 16.1 Å². The van der Waals surface area contributed by atoms with Crippen LogP contribution < -0.4 is 5.32 Å². The summed E-state index contributed by atoms with van der Waals surface area (Å²) in [5, 5.41) is 12.2. The molecule has 0 spiro atoms. The molecule has 1 heterocycles. The number of rotatable bonds is 6. The van der Waals surface area contributed by atoms with Crippen molar-refractivity contribution in [2.75, 3.05) is 5.32 Å². The van der Waals surface area contributed by atoms with Gasteiger partial charge in [0.25, 0.3) is 0 Å². The maximum Gasteiger partial charge on any atom is 0.229 e. The number of anilines is 1. The molecule has 112 valence electrons. The van der Waals surface area contributed by atoms with Gasteiger partial charge in [-0.05, 0) is 30.5 Å². The van der Waals surface area contributed by atoms with Crippen LogP contribution in [0, 0.1) is 11.7 Å². The summed E-state index contributed by atoms with van der Waals surface area (Å²) in [6, 6.07) is 6.29. The second-order valence-electron chi connectivity index (χ2n) is 4.81. The van der Waals surface area contributed by atoms with Gasteiger partial charge in [-0.25, -0.2) is 4.39 Å². The molecule has 1 aromatic heterocycles. The number of carbonyl (C=O) groups excluding carboxylic acids is 1. The van der Waals surface area contributed by atoms with E-state index >= 15 is 0 Å². The number of amides is 1. The number of benzene rings is 1. The average Bonchev–Trinajstić information content (AvgIpc) is 2.90. The van der Waals surface area contributed by atoms with Gasteiger partial charge in [0.15, 0.2) is 0 Å². The van der Waals surface area contributed by atoms with Crippen molar-refractivity contribution in [2.45, 2.75) is 33.1 Å². The number of carbonyl (C=O) groups is 1. The highest BCUT2D eigenvalue weighted by Crippen LogP contribution is 2.20. The van der Waals surface area contributed by atoms with Gasteiger partial charge in [-0.1, -0.05) is 37.3 Å². The molecule has 0 aliphatic carbocycles. The number of nitrogens with one attached hydrogen (secondary N) is 1. The molecule has 0 saturated heterocycles. The molecule has 4 nitrogen and oxygen atoms in total. The Bertz CT molecular complexity index is 593. The molecule has 21 heavy (non-hydrogen) atoms. The summed E-state index contributed by atoms with van der Waals surface area (Å²) in [7, 11) is 0. The lowest BCUT2D eigenvalue weighted by Crippen LogP contribution is -2.21. The minimum absolute atomic E-state index is 0.00875. The second-order valence-corrected chi connectivity index (χ2v) is 5.87. The zero-order valence-electron chi connectivity index (χ0n) is 12.1. The lowest BCUT2D eigenvalue weighted by atomic mass is 10.0. The van der Waals surface area contributed by atoms with Gasteiger partial charge in [0.2, 0.25) is 11.0 Å². The smallest absolute Gasteiger partial charge is 0.229 e. The van der Waals surface area contributed by atoms with E-state index < -0.39 is 0 Å². The molecule has 0 aliphatic rings. The first kappa shape index (κ1) is 15.6. The lowest BCUT2D eigenvalue weighted by molar-refractivity contribution is -0.120. The van der Waals surface area contributed by atoms with Gasteiger partial charge in [-0.2, -0.15) is 0 Å². The van der Waals surface area contributed by atoms with Gasteiger partial charge in [-0.3, -0.25) is 4.79 Å². The molecule has 0 atom stereocenters. The molecule has 0 unspecified atom stereocenters. The lowest BCUT2D eigenvalue weighted by Gasteiger charge is -2.09. The summed E-state index contributed by atoms with van der Waals surface area (Å²) < 4.78 is 12.8. The first-order valence-electron chi connectivity index (χ1n) is 7.00. The van der Waals surface area contributed by atoms with Crippen molar-refractivity contribution in [3.63, 3.8) is 0 Å². The zero-order chi connectivity index (χ0) is 15.2. The molecule has 0 fully saturated rings. The Labute approximate surface area is 127 Å². The van der Waals surface area contributed by atoms with Gasteiger partial charge in [0.05, 0.1) is 0 Å². The fraction of sp³-hybridized carbons (Fsp3) is 0.400. The van der Waals surface area contributed by atoms with Gasteiger partial charge >= 0.3 is 0 Å². The van der Waals surface area contributed by atoms with E-state index in [2.05, 4.69) is 15.5 Å². The number of aromatic nitrogens is 2. The Hall–Kier alpha value is -1.82. The Balaban J connectivity index is 1.98. The Morgan fingerprint density at radius 2 is 1.90 bits per heavy atom. The molecule has 0 saturated carbocycles. The van der Waals surface area contributed by atoms with Gasteiger partial charge < -0.3 is 5.32 Å². The summed E-state index contributed by atoms with van der Waals surface area (Å²) >= 11 is 1.35. The highest BCUT2D eigenvalue weighted by molar-refractivity contribution is 7.15. The molecular formula is C15H18FN3OS. The van der Waals surface area contributed by atoms with Gasteiger partial charge in [-0.15, -0.1) is 10.2 Å². The molecule has 0 bridgehead atoms. The molecule has 1 amide bonds. The summed E-state index contributed by atoms with van der Waals surface area (Å²) in [5.41, 5.74) is 0.963. The predicted molar refractivity (Wildman–Crippen MR) is 81.8 cm³/mol. The van der Waals surface area contributed by atoms with Crippen molar-refractivity contribution in [3.8, 4) is 0 Å². The average molecular weight is 307 g/mol. The van der Waals surface area contributed by atoms with Crippen molar-refractivity contribution in [3.05, 3.63) is 40.7 Å². The van der Waals surface area contributed by atoms with Crippen LogP contribution in [0.4, 0.5) is 9.52 Å². The summed E-state index contributed by atoms with van der Waals surface area (Å²) in [6.45, 7) is 3.99. The van der Waals surface area contributed by atoms with Crippen LogP contribution in [-0.2, 0) is 11.2 Å². The van der Waals surface area contributed by atoms with E-state index in [9.17, 15) is 9.18 Å². The SMILES string of the molecule is CCC(CC)C(=O)Nc1nnc(Cc2ccc(F)cc2)s1. The highest BCUT2D eigenvalue weighted by Gasteiger charge is 2.16. The van der Waals surface area contributed by atoms with Crippen LogP contribution >= 0.6 is 11.3 Å². The predicted octanol–water partition coefficient (Wildman–Crippen LogP) is 3.64. The Morgan fingerprint density at radius 1 is 1.24 bits per heavy atom. The third-order valence-electron chi connectivity index (χ3n) is 3.32. The fourth-order valence-corrected chi connectivity index (χ4v) is 2.80. The largest absolute Gasteiger partial charge is 0.300 e. The minimum atomic E-state index is -0.255. The molecule has 2 aromatic rings. The minimum Gasteiger partial charge on any atom is -0.300 e. The molecule has 2 rings (SSSR count). The zero-order valence-corrected chi connectivity index (χ0v) is 12.9. The first-order valence-corrected chi connectivity index (χ1v) is 7.81. The van der Waals surface area contributed by atoms with Crippen molar-refractivity contribution < 1.29 is 9.18 Å². The highest BCUT2D eigenvalue weighted by atomic mass is 32.1. The van der Waals surface area contributed by atoms with Crippen molar-refractivity contribution >= 4 is 22.4 Å². The molecule has 1 aromatic carbocycles.